The fourth-order valence-corrected chi connectivity index (χ4v) is 4.64. The maximum atomic E-state index is 12.7. The number of hydrogen-bond acceptors (Lipinski definition) is 5. The molecule has 1 aromatic rings. The van der Waals surface area contributed by atoms with Crippen molar-refractivity contribution in [1.29, 1.82) is 0 Å². The van der Waals surface area contributed by atoms with E-state index in [0.717, 1.165) is 12.8 Å². The zero-order chi connectivity index (χ0) is 17.5. The zero-order valence-corrected chi connectivity index (χ0v) is 14.8. The van der Waals surface area contributed by atoms with Gasteiger partial charge >= 0.3 is 0 Å². The Morgan fingerprint density at radius 3 is 2.35 bits per heavy atom. The first kappa shape index (κ1) is 20.1. The van der Waals surface area contributed by atoms with Crippen LogP contribution in [0.5, 0.6) is 0 Å². The number of rotatable bonds is 10. The Morgan fingerprint density at radius 2 is 1.83 bits per heavy atom. The van der Waals surface area contributed by atoms with Crippen molar-refractivity contribution >= 4 is 9.84 Å². The van der Waals surface area contributed by atoms with Crippen LogP contribution in [-0.4, -0.2) is 36.5 Å². The van der Waals surface area contributed by atoms with E-state index < -0.39 is 21.5 Å². The molecule has 5 nitrogen and oxygen atoms in total. The van der Waals surface area contributed by atoms with Gasteiger partial charge in [-0.05, 0) is 43.5 Å². The summed E-state index contributed by atoms with van der Waals surface area (Å²) >= 11 is 0. The Morgan fingerprint density at radius 1 is 1.22 bits per heavy atom. The van der Waals surface area contributed by atoms with Crippen molar-refractivity contribution < 1.29 is 18.6 Å². The van der Waals surface area contributed by atoms with Crippen LogP contribution in [-0.2, 0) is 9.84 Å². The molecule has 4 N–H and O–H groups in total. The predicted octanol–water partition coefficient (Wildman–Crippen LogP) is 2.17. The Kier molecular flexibility index (Phi) is 7.67. The second kappa shape index (κ2) is 8.78. The summed E-state index contributed by atoms with van der Waals surface area (Å²) in [7, 11) is -3.63. The van der Waals surface area contributed by atoms with Crippen LogP contribution in [0, 0.1) is 0 Å². The number of sulfone groups is 1. The first-order valence-electron chi connectivity index (χ1n) is 8.21. The third-order valence-corrected chi connectivity index (χ3v) is 5.82. The summed E-state index contributed by atoms with van der Waals surface area (Å²) in [4.78, 5) is 0.136. The molecule has 0 saturated heterocycles. The second-order valence-electron chi connectivity index (χ2n) is 6.15. The minimum absolute atomic E-state index is 0.136. The van der Waals surface area contributed by atoms with Crippen LogP contribution in [0.15, 0.2) is 29.2 Å². The quantitative estimate of drug-likeness (QED) is 0.604. The molecule has 0 aliphatic carbocycles. The van der Waals surface area contributed by atoms with Gasteiger partial charge in [-0.15, -0.1) is 0 Å². The third-order valence-electron chi connectivity index (χ3n) is 3.93. The lowest BCUT2D eigenvalue weighted by Gasteiger charge is -2.27. The van der Waals surface area contributed by atoms with Crippen molar-refractivity contribution in [3.8, 4) is 0 Å². The molecular weight excluding hydrogens is 314 g/mol. The molecule has 0 heterocycles. The van der Waals surface area contributed by atoms with E-state index in [9.17, 15) is 18.6 Å². The predicted molar refractivity (Wildman–Crippen MR) is 91.9 cm³/mol. The van der Waals surface area contributed by atoms with Crippen LogP contribution in [0.1, 0.15) is 57.6 Å². The minimum atomic E-state index is -3.63. The van der Waals surface area contributed by atoms with E-state index in [0.29, 0.717) is 31.4 Å². The molecule has 0 aliphatic rings. The highest BCUT2D eigenvalue weighted by atomic mass is 32.2. The SMILES string of the molecule is CCCC(O)(CCC)CS(=O)(=O)c1cccc(C(O)CCN)c1. The van der Waals surface area contributed by atoms with Gasteiger partial charge in [-0.3, -0.25) is 0 Å². The molecule has 0 radical (unpaired) electrons. The fraction of sp³-hybridized carbons (Fsp3) is 0.647. The zero-order valence-electron chi connectivity index (χ0n) is 14.0. The van der Waals surface area contributed by atoms with E-state index in [1.54, 1.807) is 12.1 Å². The highest BCUT2D eigenvalue weighted by Crippen LogP contribution is 2.27. The summed E-state index contributed by atoms with van der Waals surface area (Å²) in [6.07, 6.45) is 1.95. The molecular formula is C17H29NO4S. The van der Waals surface area contributed by atoms with E-state index >= 15 is 0 Å². The van der Waals surface area contributed by atoms with Crippen LogP contribution in [0.2, 0.25) is 0 Å². The Labute approximate surface area is 139 Å². The number of nitrogens with two attached hydrogens (primary N) is 1. The van der Waals surface area contributed by atoms with Crippen molar-refractivity contribution in [2.75, 3.05) is 12.3 Å². The average molecular weight is 343 g/mol. The highest BCUT2D eigenvalue weighted by molar-refractivity contribution is 7.91. The van der Waals surface area contributed by atoms with Gasteiger partial charge in [0, 0.05) is 0 Å². The van der Waals surface area contributed by atoms with E-state index in [1.807, 2.05) is 13.8 Å². The van der Waals surface area contributed by atoms with Crippen molar-refractivity contribution in [2.24, 2.45) is 5.73 Å². The largest absolute Gasteiger partial charge is 0.389 e. The normalized spacial score (nSPS) is 14.0. The van der Waals surface area contributed by atoms with Crippen LogP contribution < -0.4 is 5.73 Å². The van der Waals surface area contributed by atoms with Gasteiger partial charge in [0.1, 0.15) is 0 Å². The maximum Gasteiger partial charge on any atom is 0.181 e. The van der Waals surface area contributed by atoms with Gasteiger partial charge in [0.2, 0.25) is 0 Å². The molecule has 0 saturated carbocycles. The Hall–Kier alpha value is -0.950. The third kappa shape index (κ3) is 5.88. The van der Waals surface area contributed by atoms with Gasteiger partial charge in [-0.25, -0.2) is 8.42 Å². The summed E-state index contributed by atoms with van der Waals surface area (Å²) in [5, 5.41) is 20.6. The number of aliphatic hydroxyl groups is 2. The number of benzene rings is 1. The lowest BCUT2D eigenvalue weighted by atomic mass is 9.95. The monoisotopic (exact) mass is 343 g/mol. The van der Waals surface area contributed by atoms with Gasteiger partial charge in [0.05, 0.1) is 22.4 Å². The summed E-state index contributed by atoms with van der Waals surface area (Å²) in [5.74, 6) is -0.294. The smallest absolute Gasteiger partial charge is 0.181 e. The van der Waals surface area contributed by atoms with Gasteiger partial charge in [0.15, 0.2) is 9.84 Å². The molecule has 23 heavy (non-hydrogen) atoms. The molecule has 1 atom stereocenters. The standard InChI is InChI=1S/C17H29NO4S/c1-3-9-17(20,10-4-2)13-23(21,22)15-7-5-6-14(12-15)16(19)8-11-18/h5-7,12,16,19-20H,3-4,8-11,13,18H2,1-2H3. The fourth-order valence-electron chi connectivity index (χ4n) is 2.88. The number of aliphatic hydroxyl groups excluding tert-OH is 1. The van der Waals surface area contributed by atoms with Crippen LogP contribution in [0.25, 0.3) is 0 Å². The van der Waals surface area contributed by atoms with E-state index in [2.05, 4.69) is 0 Å². The number of hydrogen-bond donors (Lipinski definition) is 3. The molecule has 0 amide bonds. The molecule has 1 aromatic carbocycles. The molecule has 132 valence electrons. The summed E-state index contributed by atoms with van der Waals surface area (Å²) in [6, 6.07) is 6.28. The van der Waals surface area contributed by atoms with Gasteiger partial charge in [0.25, 0.3) is 0 Å². The van der Waals surface area contributed by atoms with Gasteiger partial charge < -0.3 is 15.9 Å². The topological polar surface area (TPSA) is 101 Å². The van der Waals surface area contributed by atoms with Gasteiger partial charge in [-0.2, -0.15) is 0 Å². The van der Waals surface area contributed by atoms with E-state index in [1.165, 1.54) is 12.1 Å². The summed E-state index contributed by atoms with van der Waals surface area (Å²) < 4.78 is 25.3. The molecule has 0 aromatic heterocycles. The summed E-state index contributed by atoms with van der Waals surface area (Å²) in [6.45, 7) is 4.18. The van der Waals surface area contributed by atoms with Crippen molar-refractivity contribution in [2.45, 2.75) is 62.6 Å². The lowest BCUT2D eigenvalue weighted by molar-refractivity contribution is 0.0438. The van der Waals surface area contributed by atoms with Crippen LogP contribution >= 0.6 is 0 Å². The van der Waals surface area contributed by atoms with Gasteiger partial charge in [-0.1, -0.05) is 38.8 Å². The van der Waals surface area contributed by atoms with Crippen LogP contribution in [0.4, 0.5) is 0 Å². The molecule has 0 aliphatic heterocycles. The first-order valence-corrected chi connectivity index (χ1v) is 9.86. The molecule has 1 unspecified atom stereocenters. The van der Waals surface area contributed by atoms with E-state index in [4.69, 9.17) is 5.73 Å². The minimum Gasteiger partial charge on any atom is -0.389 e. The molecule has 0 bridgehead atoms. The van der Waals surface area contributed by atoms with Crippen LogP contribution in [0.3, 0.4) is 0 Å². The van der Waals surface area contributed by atoms with Crippen molar-refractivity contribution in [1.82, 2.24) is 0 Å². The van der Waals surface area contributed by atoms with Crippen molar-refractivity contribution in [3.05, 3.63) is 29.8 Å². The van der Waals surface area contributed by atoms with E-state index in [-0.39, 0.29) is 10.6 Å². The average Bonchev–Trinajstić information content (AvgIpc) is 2.47. The molecule has 0 spiro atoms. The molecule has 6 heteroatoms. The highest BCUT2D eigenvalue weighted by Gasteiger charge is 2.32. The lowest BCUT2D eigenvalue weighted by Crippen LogP contribution is -2.37. The molecule has 0 fully saturated rings. The maximum absolute atomic E-state index is 12.7. The summed E-state index contributed by atoms with van der Waals surface area (Å²) in [5.41, 5.74) is 4.76. The second-order valence-corrected chi connectivity index (χ2v) is 8.14. The Bertz CT molecular complexity index is 580. The Balaban J connectivity index is 3.05. The van der Waals surface area contributed by atoms with Crippen molar-refractivity contribution in [3.63, 3.8) is 0 Å². The molecule has 1 rings (SSSR count). The first-order chi connectivity index (χ1) is 10.8.